The van der Waals surface area contributed by atoms with Crippen LogP contribution in [-0.2, 0) is 39.5 Å². The highest BCUT2D eigenvalue weighted by Crippen LogP contribution is 2.31. The van der Waals surface area contributed by atoms with Gasteiger partial charge in [0.05, 0.1) is 0 Å². The zero-order chi connectivity index (χ0) is 22.0. The smallest absolute Gasteiger partial charge is 0.384 e. The highest BCUT2D eigenvalue weighted by molar-refractivity contribution is 7.83. The Morgan fingerprint density at radius 1 is 0.679 bits per heavy atom. The lowest BCUT2D eigenvalue weighted by molar-refractivity contribution is 0.385. The van der Waals surface area contributed by atoms with Gasteiger partial charge in [-0.3, -0.25) is 7.74 Å². The molecule has 0 unspecified atom stereocenters. The number of hydrogen-bond acceptors (Lipinski definition) is 11. The van der Waals surface area contributed by atoms with Crippen LogP contribution in [0.2, 0.25) is 39.3 Å². The van der Waals surface area contributed by atoms with Crippen molar-refractivity contribution in [2.75, 3.05) is 0 Å². The molecule has 28 heavy (non-hydrogen) atoms. The molecule has 0 atom stereocenters. The molecule has 0 spiro atoms. The van der Waals surface area contributed by atoms with Crippen molar-refractivity contribution in [3.8, 4) is 17.2 Å². The van der Waals surface area contributed by atoms with Gasteiger partial charge in [-0.2, -0.15) is 25.3 Å². The van der Waals surface area contributed by atoms with E-state index in [2.05, 4.69) is 4.18 Å². The molecule has 1 rings (SSSR count). The Labute approximate surface area is 168 Å². The van der Waals surface area contributed by atoms with E-state index in [4.69, 9.17) is 16.1 Å². The van der Waals surface area contributed by atoms with Gasteiger partial charge in [0.2, 0.25) is 16.6 Å². The van der Waals surface area contributed by atoms with Crippen molar-refractivity contribution in [1.29, 1.82) is 0 Å². The second kappa shape index (κ2) is 8.68. The third-order valence-corrected chi connectivity index (χ3v) is 8.92. The predicted octanol–water partition coefficient (Wildman–Crippen LogP) is 1.54. The maximum absolute atomic E-state index is 12.0. The fourth-order valence-electron chi connectivity index (χ4n) is 1.66. The molecule has 0 radical (unpaired) electrons. The molecular weight excluding hydrogens is 472 g/mol. The molecular formula is C12H22O11S3Si2. The fourth-order valence-corrected chi connectivity index (χ4v) is 7.78. The quantitative estimate of drug-likeness (QED) is 0.373. The number of thiol groups is 1. The minimum absolute atomic E-state index is 0.435. The molecule has 16 heteroatoms. The summed E-state index contributed by atoms with van der Waals surface area (Å²) in [4.78, 5) is 0. The van der Waals surface area contributed by atoms with Gasteiger partial charge in [-0.1, -0.05) is 0 Å². The summed E-state index contributed by atoms with van der Waals surface area (Å²) in [6.45, 7) is 9.61. The molecule has 0 saturated carbocycles. The number of hydrogen-bond donors (Lipinski definition) is 1. The van der Waals surface area contributed by atoms with Gasteiger partial charge in [0.1, 0.15) is 5.75 Å². The van der Waals surface area contributed by atoms with E-state index in [-0.39, 0.29) is 0 Å². The minimum atomic E-state index is -4.50. The van der Waals surface area contributed by atoms with E-state index in [0.29, 0.717) is 0 Å². The Kier molecular flexibility index (Phi) is 7.70. The monoisotopic (exact) mass is 494 g/mol. The molecule has 11 nitrogen and oxygen atoms in total. The summed E-state index contributed by atoms with van der Waals surface area (Å²) >= 11 is 0. The molecule has 162 valence electrons. The van der Waals surface area contributed by atoms with Gasteiger partial charge in [-0.15, -0.1) is 0 Å². The molecule has 1 aromatic rings. The molecule has 0 aliphatic rings. The van der Waals surface area contributed by atoms with Gasteiger partial charge < -0.3 is 12.5 Å². The molecule has 0 bridgehead atoms. The van der Waals surface area contributed by atoms with Crippen molar-refractivity contribution in [2.24, 2.45) is 0 Å². The van der Waals surface area contributed by atoms with Gasteiger partial charge in [0, 0.05) is 18.2 Å². The van der Waals surface area contributed by atoms with Crippen molar-refractivity contribution in [2.45, 2.75) is 39.3 Å². The van der Waals surface area contributed by atoms with E-state index in [1.54, 1.807) is 39.3 Å². The van der Waals surface area contributed by atoms with E-state index in [9.17, 15) is 25.3 Å². The highest BCUT2D eigenvalue weighted by Gasteiger charge is 2.28. The van der Waals surface area contributed by atoms with Crippen molar-refractivity contribution in [3.05, 3.63) is 18.2 Å². The van der Waals surface area contributed by atoms with Gasteiger partial charge in [-0.05, 0) is 39.3 Å². The van der Waals surface area contributed by atoms with E-state index in [1.165, 1.54) is 0 Å². The minimum Gasteiger partial charge on any atom is -0.384 e. The first-order valence-corrected chi connectivity index (χ1v) is 18.2. The summed E-state index contributed by atoms with van der Waals surface area (Å²) in [7, 11) is -17.5. The van der Waals surface area contributed by atoms with Crippen LogP contribution in [0.1, 0.15) is 0 Å². The Balaban J connectivity index is 3.27. The maximum atomic E-state index is 12.0. The summed E-state index contributed by atoms with van der Waals surface area (Å²) in [6, 6.07) is 2.73. The van der Waals surface area contributed by atoms with Gasteiger partial charge in [-0.25, -0.2) is 0 Å². The lowest BCUT2D eigenvalue weighted by Gasteiger charge is -2.18. The molecule has 0 amide bonds. The van der Waals surface area contributed by atoms with Crippen LogP contribution < -0.4 is 12.5 Å². The van der Waals surface area contributed by atoms with Crippen molar-refractivity contribution in [1.82, 2.24) is 0 Å². The first-order chi connectivity index (χ1) is 12.4. The van der Waals surface area contributed by atoms with Crippen LogP contribution >= 0.6 is 0 Å². The number of rotatable bonds is 10. The molecule has 0 heterocycles. The molecule has 0 N–H and O–H groups in total. The third kappa shape index (κ3) is 10.4. The first kappa shape index (κ1) is 24.9. The molecule has 1 aromatic carbocycles. The summed E-state index contributed by atoms with van der Waals surface area (Å²) < 4.78 is 93.3. The first-order valence-electron chi connectivity index (χ1n) is 7.63. The molecule has 0 aromatic heterocycles. The lowest BCUT2D eigenvalue weighted by atomic mass is 10.3. The Bertz CT molecular complexity index is 912. The van der Waals surface area contributed by atoms with Gasteiger partial charge >= 0.3 is 20.8 Å². The van der Waals surface area contributed by atoms with Gasteiger partial charge in [0.25, 0.3) is 11.0 Å². The Hall–Kier alpha value is -1.18. The summed E-state index contributed by atoms with van der Waals surface area (Å²) in [5.41, 5.74) is 0. The predicted molar refractivity (Wildman–Crippen MR) is 105 cm³/mol. The summed E-state index contributed by atoms with van der Waals surface area (Å²) in [5, 5.41) is 0. The SMILES string of the molecule is C[Si](C)(C)OS(=O)(=O)Oc1cc(O[SH](=O)=O)cc(OS(=O)(=O)O[Si](C)(C)C)c1. The van der Waals surface area contributed by atoms with Gasteiger partial charge in [0.15, 0.2) is 11.5 Å². The van der Waals surface area contributed by atoms with Crippen LogP contribution in [0.25, 0.3) is 0 Å². The Morgan fingerprint density at radius 2 is 1.00 bits per heavy atom. The largest absolute Gasteiger partial charge is 0.438 e. The van der Waals surface area contributed by atoms with E-state index in [0.717, 1.165) is 18.2 Å². The van der Waals surface area contributed by atoms with E-state index in [1.807, 2.05) is 0 Å². The topological polar surface area (TPSA) is 149 Å². The number of benzene rings is 1. The van der Waals surface area contributed by atoms with Crippen molar-refractivity contribution >= 4 is 48.4 Å². The van der Waals surface area contributed by atoms with Crippen molar-refractivity contribution in [3.63, 3.8) is 0 Å². The molecule has 0 aliphatic carbocycles. The van der Waals surface area contributed by atoms with Crippen LogP contribution in [-0.4, -0.2) is 41.9 Å². The zero-order valence-electron chi connectivity index (χ0n) is 16.0. The second-order valence-electron chi connectivity index (χ2n) is 7.33. The fraction of sp³-hybridized carbons (Fsp3) is 0.500. The third-order valence-electron chi connectivity index (χ3n) is 2.13. The lowest BCUT2D eigenvalue weighted by Crippen LogP contribution is -2.31. The molecule has 0 fully saturated rings. The second-order valence-corrected chi connectivity index (χ2v) is 19.7. The average molecular weight is 495 g/mol. The standard InChI is InChI=1S/C12H22O11S3Si2/c1-27(2,3)22-25(15,16)20-11-7-10(19-24(13)14)8-12(9-11)21-26(17,18)23-28(4,5)6/h7-9,24H,1-6H3. The van der Waals surface area contributed by atoms with E-state index >= 15 is 0 Å². The van der Waals surface area contributed by atoms with Crippen LogP contribution in [0.4, 0.5) is 0 Å². The van der Waals surface area contributed by atoms with Crippen molar-refractivity contribution < 1.29 is 45.5 Å². The van der Waals surface area contributed by atoms with Crippen LogP contribution in [0.3, 0.4) is 0 Å². The summed E-state index contributed by atoms with van der Waals surface area (Å²) in [5.74, 6) is -1.40. The molecule has 0 saturated heterocycles. The summed E-state index contributed by atoms with van der Waals surface area (Å²) in [6.07, 6.45) is 0. The maximum Gasteiger partial charge on any atom is 0.438 e. The zero-order valence-corrected chi connectivity index (χ0v) is 20.5. The van der Waals surface area contributed by atoms with Crippen LogP contribution in [0.15, 0.2) is 18.2 Å². The highest BCUT2D eigenvalue weighted by atomic mass is 32.3. The van der Waals surface area contributed by atoms with E-state index < -0.39 is 65.7 Å². The Morgan fingerprint density at radius 3 is 1.29 bits per heavy atom. The average Bonchev–Trinajstić information content (AvgIpc) is 2.28. The normalized spacial score (nSPS) is 13.4. The van der Waals surface area contributed by atoms with Crippen LogP contribution in [0.5, 0.6) is 17.2 Å². The molecule has 0 aliphatic heterocycles. The van der Waals surface area contributed by atoms with Crippen LogP contribution in [0, 0.1) is 0 Å².